The summed E-state index contributed by atoms with van der Waals surface area (Å²) in [7, 11) is -0.969. The molecular weight excluding hydrogens is 400 g/mol. The number of carbonyl (C=O) groups is 1. The topological polar surface area (TPSA) is 66.9 Å². The van der Waals surface area contributed by atoms with E-state index in [2.05, 4.69) is 0 Å². The summed E-state index contributed by atoms with van der Waals surface area (Å²) >= 11 is 6.23. The second kappa shape index (κ2) is 8.41. The average molecular weight is 423 g/mol. The Labute approximate surface area is 170 Å². The van der Waals surface area contributed by atoms with Crippen LogP contribution in [-0.2, 0) is 10.0 Å². The number of methoxy groups -OCH3 is 1. The standard InChI is InChI=1S/C20H23ClN2O4S/c1-22(18-8-4-5-9-19(18)27-2)28(25,26)15-10-11-17(21)16(14-15)20(24)23-12-6-3-7-13-23/h4-5,8-11,14H,3,6-7,12-13H2,1-2H3. The molecule has 2 aromatic rings. The Kier molecular flexibility index (Phi) is 6.15. The number of benzene rings is 2. The van der Waals surface area contributed by atoms with Gasteiger partial charge in [0, 0.05) is 20.1 Å². The van der Waals surface area contributed by atoms with Gasteiger partial charge in [0.05, 0.1) is 28.3 Å². The highest BCUT2D eigenvalue weighted by atomic mass is 35.5. The van der Waals surface area contributed by atoms with Crippen LogP contribution in [0.3, 0.4) is 0 Å². The number of hydrogen-bond donors (Lipinski definition) is 0. The number of rotatable bonds is 5. The number of piperidine rings is 1. The molecule has 0 bridgehead atoms. The van der Waals surface area contributed by atoms with E-state index in [1.807, 2.05) is 0 Å². The van der Waals surface area contributed by atoms with E-state index in [1.54, 1.807) is 29.2 Å². The molecule has 0 atom stereocenters. The summed E-state index contributed by atoms with van der Waals surface area (Å²) in [5.41, 5.74) is 0.613. The molecule has 0 aromatic heterocycles. The molecule has 1 aliphatic rings. The molecule has 2 aromatic carbocycles. The lowest BCUT2D eigenvalue weighted by molar-refractivity contribution is 0.0724. The lowest BCUT2D eigenvalue weighted by Gasteiger charge is -2.27. The zero-order chi connectivity index (χ0) is 20.3. The lowest BCUT2D eigenvalue weighted by Crippen LogP contribution is -2.36. The molecule has 0 spiro atoms. The van der Waals surface area contributed by atoms with Crippen molar-refractivity contribution in [2.45, 2.75) is 24.2 Å². The van der Waals surface area contributed by atoms with Crippen LogP contribution >= 0.6 is 11.6 Å². The molecule has 0 unspecified atom stereocenters. The van der Waals surface area contributed by atoms with Crippen LogP contribution in [-0.4, -0.2) is 46.5 Å². The first-order valence-corrected chi connectivity index (χ1v) is 10.9. The Morgan fingerprint density at radius 1 is 1.11 bits per heavy atom. The smallest absolute Gasteiger partial charge is 0.264 e. The molecule has 1 saturated heterocycles. The van der Waals surface area contributed by atoms with E-state index in [-0.39, 0.29) is 21.4 Å². The summed E-state index contributed by atoms with van der Waals surface area (Å²) in [5, 5.41) is 0.245. The maximum atomic E-state index is 13.2. The predicted octanol–water partition coefficient (Wildman–Crippen LogP) is 3.80. The number of ether oxygens (including phenoxy) is 1. The maximum Gasteiger partial charge on any atom is 0.264 e. The van der Waals surface area contributed by atoms with E-state index >= 15 is 0 Å². The Morgan fingerprint density at radius 3 is 2.46 bits per heavy atom. The summed E-state index contributed by atoms with van der Waals surface area (Å²) in [6.07, 6.45) is 2.98. The van der Waals surface area contributed by atoms with Gasteiger partial charge in [0.25, 0.3) is 15.9 Å². The number of nitrogens with zero attached hydrogens (tertiary/aromatic N) is 2. The van der Waals surface area contributed by atoms with Gasteiger partial charge in [-0.1, -0.05) is 23.7 Å². The van der Waals surface area contributed by atoms with Crippen LogP contribution < -0.4 is 9.04 Å². The van der Waals surface area contributed by atoms with Crippen molar-refractivity contribution in [2.75, 3.05) is 31.6 Å². The predicted molar refractivity (Wildman–Crippen MR) is 110 cm³/mol. The van der Waals surface area contributed by atoms with Crippen LogP contribution in [0, 0.1) is 0 Å². The maximum absolute atomic E-state index is 13.2. The molecule has 8 heteroatoms. The Balaban J connectivity index is 1.97. The van der Waals surface area contributed by atoms with Gasteiger partial charge in [-0.15, -0.1) is 0 Å². The van der Waals surface area contributed by atoms with Crippen molar-refractivity contribution in [1.29, 1.82) is 0 Å². The number of para-hydroxylation sites is 2. The van der Waals surface area contributed by atoms with Crippen molar-refractivity contribution in [2.24, 2.45) is 0 Å². The van der Waals surface area contributed by atoms with Gasteiger partial charge < -0.3 is 9.64 Å². The quantitative estimate of drug-likeness (QED) is 0.735. The third kappa shape index (κ3) is 3.95. The normalized spacial score (nSPS) is 14.6. The van der Waals surface area contributed by atoms with Gasteiger partial charge in [-0.25, -0.2) is 8.42 Å². The zero-order valence-electron chi connectivity index (χ0n) is 15.9. The monoisotopic (exact) mass is 422 g/mol. The first kappa shape index (κ1) is 20.5. The summed E-state index contributed by atoms with van der Waals surface area (Å²) in [6, 6.07) is 11.1. The number of sulfonamides is 1. The van der Waals surface area contributed by atoms with E-state index in [1.165, 1.54) is 32.4 Å². The molecule has 6 nitrogen and oxygen atoms in total. The highest BCUT2D eigenvalue weighted by Gasteiger charge is 2.27. The van der Waals surface area contributed by atoms with E-state index in [0.29, 0.717) is 24.5 Å². The molecule has 1 amide bonds. The van der Waals surface area contributed by atoms with Crippen molar-refractivity contribution < 1.29 is 17.9 Å². The fourth-order valence-corrected chi connectivity index (χ4v) is 4.70. The molecule has 28 heavy (non-hydrogen) atoms. The molecule has 150 valence electrons. The minimum atomic E-state index is -3.90. The molecule has 0 N–H and O–H groups in total. The van der Waals surface area contributed by atoms with E-state index in [4.69, 9.17) is 16.3 Å². The van der Waals surface area contributed by atoms with Crippen LogP contribution in [0.4, 0.5) is 5.69 Å². The van der Waals surface area contributed by atoms with Crippen molar-refractivity contribution in [3.05, 3.63) is 53.1 Å². The van der Waals surface area contributed by atoms with Crippen LogP contribution in [0.15, 0.2) is 47.4 Å². The molecule has 0 radical (unpaired) electrons. The fraction of sp³-hybridized carbons (Fsp3) is 0.350. The van der Waals surface area contributed by atoms with Crippen molar-refractivity contribution in [3.8, 4) is 5.75 Å². The van der Waals surface area contributed by atoms with Gasteiger partial charge in [0.2, 0.25) is 0 Å². The lowest BCUT2D eigenvalue weighted by atomic mass is 10.1. The Bertz CT molecular complexity index is 972. The summed E-state index contributed by atoms with van der Waals surface area (Å²) in [5.74, 6) is 0.203. The minimum absolute atomic E-state index is 0.00525. The fourth-order valence-electron chi connectivity index (χ4n) is 3.27. The van der Waals surface area contributed by atoms with Crippen molar-refractivity contribution in [3.63, 3.8) is 0 Å². The highest BCUT2D eigenvalue weighted by molar-refractivity contribution is 7.92. The second-order valence-electron chi connectivity index (χ2n) is 6.64. The number of halogens is 1. The average Bonchev–Trinajstić information content (AvgIpc) is 2.73. The van der Waals surface area contributed by atoms with Crippen molar-refractivity contribution >= 4 is 33.2 Å². The largest absolute Gasteiger partial charge is 0.495 e. The summed E-state index contributed by atoms with van der Waals surface area (Å²) < 4.78 is 32.7. The van der Waals surface area contributed by atoms with Gasteiger partial charge in [0.15, 0.2) is 0 Å². The van der Waals surface area contributed by atoms with E-state index in [9.17, 15) is 13.2 Å². The summed E-state index contributed by atoms with van der Waals surface area (Å²) in [6.45, 7) is 1.32. The zero-order valence-corrected chi connectivity index (χ0v) is 17.5. The molecule has 1 fully saturated rings. The number of hydrogen-bond acceptors (Lipinski definition) is 4. The highest BCUT2D eigenvalue weighted by Crippen LogP contribution is 2.32. The molecule has 3 rings (SSSR count). The number of amides is 1. The minimum Gasteiger partial charge on any atom is -0.495 e. The molecule has 1 heterocycles. The van der Waals surface area contributed by atoms with Gasteiger partial charge in [0.1, 0.15) is 5.75 Å². The first-order valence-electron chi connectivity index (χ1n) is 9.07. The van der Waals surface area contributed by atoms with Crippen LogP contribution in [0.1, 0.15) is 29.6 Å². The first-order chi connectivity index (χ1) is 13.4. The third-order valence-electron chi connectivity index (χ3n) is 4.89. The third-order valence-corrected chi connectivity index (χ3v) is 6.99. The van der Waals surface area contributed by atoms with E-state index in [0.717, 1.165) is 23.6 Å². The SMILES string of the molecule is COc1ccccc1N(C)S(=O)(=O)c1ccc(Cl)c(C(=O)N2CCCCC2)c1. The van der Waals surface area contributed by atoms with Crippen molar-refractivity contribution in [1.82, 2.24) is 4.90 Å². The van der Waals surface area contributed by atoms with Gasteiger partial charge >= 0.3 is 0 Å². The van der Waals surface area contributed by atoms with E-state index < -0.39 is 10.0 Å². The molecule has 1 aliphatic heterocycles. The molecular formula is C20H23ClN2O4S. The number of anilines is 1. The van der Waals surface area contributed by atoms with Gasteiger partial charge in [-0.2, -0.15) is 0 Å². The second-order valence-corrected chi connectivity index (χ2v) is 9.02. The number of carbonyl (C=O) groups excluding carboxylic acids is 1. The summed E-state index contributed by atoms with van der Waals surface area (Å²) in [4.78, 5) is 14.6. The van der Waals surface area contributed by atoms with Gasteiger partial charge in [-0.3, -0.25) is 9.10 Å². The van der Waals surface area contributed by atoms with Crippen LogP contribution in [0.25, 0.3) is 0 Å². The molecule has 0 aliphatic carbocycles. The molecule has 0 saturated carbocycles. The number of likely N-dealkylation sites (tertiary alicyclic amines) is 1. The Hall–Kier alpha value is -2.25. The van der Waals surface area contributed by atoms with Crippen LogP contribution in [0.5, 0.6) is 5.75 Å². The van der Waals surface area contributed by atoms with Gasteiger partial charge in [-0.05, 0) is 49.6 Å². The Morgan fingerprint density at radius 2 is 1.79 bits per heavy atom. The van der Waals surface area contributed by atoms with Crippen LogP contribution in [0.2, 0.25) is 5.02 Å².